The van der Waals surface area contributed by atoms with Crippen molar-refractivity contribution in [2.45, 2.75) is 13.2 Å². The summed E-state index contributed by atoms with van der Waals surface area (Å²) < 4.78 is 20.4. The highest BCUT2D eigenvalue weighted by molar-refractivity contribution is 7.13. The van der Waals surface area contributed by atoms with Gasteiger partial charge in [0, 0.05) is 21.7 Å². The van der Waals surface area contributed by atoms with E-state index in [1.54, 1.807) is 28.8 Å². The van der Waals surface area contributed by atoms with Crippen molar-refractivity contribution in [1.82, 2.24) is 9.55 Å². The van der Waals surface area contributed by atoms with Crippen LogP contribution in [0.25, 0.3) is 32.4 Å². The summed E-state index contributed by atoms with van der Waals surface area (Å²) in [5, 5.41) is 3.66. The fourth-order valence-electron chi connectivity index (χ4n) is 3.67. The van der Waals surface area contributed by atoms with Gasteiger partial charge in [-0.15, -0.1) is 11.3 Å². The third kappa shape index (κ3) is 3.78. The maximum atomic E-state index is 13.1. The van der Waals surface area contributed by atoms with Crippen molar-refractivity contribution in [3.8, 4) is 10.6 Å². The molecular weight excluding hydrogens is 427 g/mol. The van der Waals surface area contributed by atoms with Crippen LogP contribution in [-0.4, -0.2) is 15.5 Å². The Hall–Kier alpha value is -3.84. The Bertz CT molecular complexity index is 1450. The van der Waals surface area contributed by atoms with Gasteiger partial charge in [0.1, 0.15) is 24.0 Å². The van der Waals surface area contributed by atoms with Gasteiger partial charge in [-0.2, -0.15) is 0 Å². The minimum absolute atomic E-state index is 0.0315. The highest BCUT2D eigenvalue weighted by atomic mass is 32.1. The second-order valence-corrected chi connectivity index (χ2v) is 8.12. The molecule has 0 spiro atoms. The number of hydrogen-bond donors (Lipinski definition) is 0. The van der Waals surface area contributed by atoms with Crippen molar-refractivity contribution in [3.63, 3.8) is 0 Å². The molecule has 0 amide bonds. The molecule has 0 radical (unpaired) electrons. The smallest absolute Gasteiger partial charge is 0.326 e. The number of fused-ring (bicyclic) bond motifs is 2. The van der Waals surface area contributed by atoms with Crippen LogP contribution in [-0.2, 0) is 22.7 Å². The molecule has 32 heavy (non-hydrogen) atoms. The molecule has 0 saturated heterocycles. The van der Waals surface area contributed by atoms with Gasteiger partial charge < -0.3 is 9.30 Å². The fraction of sp³-hybridized carbons (Fsp3) is 0.0800. The largest absolute Gasteiger partial charge is 0.458 e. The van der Waals surface area contributed by atoms with E-state index in [4.69, 9.17) is 4.74 Å². The first-order valence-corrected chi connectivity index (χ1v) is 10.8. The van der Waals surface area contributed by atoms with Crippen LogP contribution in [0, 0.1) is 5.82 Å². The molecule has 0 aliphatic carbocycles. The molecule has 3 aromatic carbocycles. The first-order chi connectivity index (χ1) is 15.6. The van der Waals surface area contributed by atoms with Gasteiger partial charge in [-0.25, -0.2) is 9.37 Å². The van der Waals surface area contributed by atoms with E-state index in [1.807, 2.05) is 41.8 Å². The number of ether oxygens (including phenoxy) is 1. The van der Waals surface area contributed by atoms with Crippen LogP contribution in [0.4, 0.5) is 4.39 Å². The van der Waals surface area contributed by atoms with Crippen LogP contribution in [0.3, 0.4) is 0 Å². The fourth-order valence-corrected chi connectivity index (χ4v) is 4.49. The minimum Gasteiger partial charge on any atom is -0.458 e. The van der Waals surface area contributed by atoms with Crippen LogP contribution in [0.5, 0.6) is 0 Å². The van der Waals surface area contributed by atoms with Crippen LogP contribution in [0.1, 0.15) is 5.69 Å². The molecule has 158 valence electrons. The predicted molar refractivity (Wildman–Crippen MR) is 123 cm³/mol. The van der Waals surface area contributed by atoms with Crippen LogP contribution in [0.2, 0.25) is 0 Å². The molecule has 0 N–H and O–H groups in total. The van der Waals surface area contributed by atoms with Gasteiger partial charge in [0.15, 0.2) is 5.43 Å². The zero-order valence-corrected chi connectivity index (χ0v) is 17.6. The Morgan fingerprint density at radius 3 is 2.22 bits per heavy atom. The van der Waals surface area contributed by atoms with Gasteiger partial charge in [0.25, 0.3) is 0 Å². The molecule has 0 aliphatic rings. The average Bonchev–Trinajstić information content (AvgIpc) is 3.30. The van der Waals surface area contributed by atoms with Crippen molar-refractivity contribution in [3.05, 3.63) is 99.9 Å². The second-order valence-electron chi connectivity index (χ2n) is 7.26. The van der Waals surface area contributed by atoms with Gasteiger partial charge in [-0.3, -0.25) is 9.59 Å². The second kappa shape index (κ2) is 8.36. The first-order valence-electron chi connectivity index (χ1n) is 9.96. The van der Waals surface area contributed by atoms with Gasteiger partial charge in [0.2, 0.25) is 0 Å². The number of carbonyl (C=O) groups excluding carboxylic acids is 1. The summed E-state index contributed by atoms with van der Waals surface area (Å²) in [6.07, 6.45) is 0. The van der Waals surface area contributed by atoms with E-state index in [2.05, 4.69) is 4.98 Å². The Morgan fingerprint density at radius 2 is 1.56 bits per heavy atom. The number of thiazole rings is 1. The van der Waals surface area contributed by atoms with Crippen LogP contribution in [0.15, 0.2) is 83.0 Å². The number of benzene rings is 3. The number of pyridine rings is 1. The lowest BCUT2D eigenvalue weighted by Gasteiger charge is -2.14. The quantitative estimate of drug-likeness (QED) is 0.278. The van der Waals surface area contributed by atoms with Crippen LogP contribution < -0.4 is 5.43 Å². The van der Waals surface area contributed by atoms with E-state index >= 15 is 0 Å². The van der Waals surface area contributed by atoms with Crippen molar-refractivity contribution < 1.29 is 13.9 Å². The van der Waals surface area contributed by atoms with E-state index in [9.17, 15) is 14.0 Å². The minimum atomic E-state index is -0.430. The predicted octanol–water partition coefficient (Wildman–Crippen LogP) is 5.16. The molecule has 0 unspecified atom stereocenters. The van der Waals surface area contributed by atoms with Gasteiger partial charge in [-0.1, -0.05) is 24.3 Å². The van der Waals surface area contributed by atoms with Gasteiger partial charge in [-0.05, 0) is 48.5 Å². The number of para-hydroxylation sites is 2. The third-order valence-corrected chi connectivity index (χ3v) is 6.13. The normalized spacial score (nSPS) is 11.2. The monoisotopic (exact) mass is 444 g/mol. The molecule has 0 fully saturated rings. The summed E-state index contributed by atoms with van der Waals surface area (Å²) in [6, 6.07) is 20.6. The third-order valence-electron chi connectivity index (χ3n) is 5.19. The zero-order valence-electron chi connectivity index (χ0n) is 16.8. The number of esters is 1. The molecule has 5 nitrogen and oxygen atoms in total. The standard InChI is InChI=1S/C25H17FN2O3S/c26-17-11-9-16(10-12-17)25-27-18(15-32-25)14-31-23(29)13-28-21-7-3-1-5-19(21)24(30)20-6-2-4-8-22(20)28/h1-12,15H,13-14H2. The highest BCUT2D eigenvalue weighted by Crippen LogP contribution is 2.24. The lowest BCUT2D eigenvalue weighted by molar-refractivity contribution is -0.145. The number of carbonyl (C=O) groups is 1. The summed E-state index contributed by atoms with van der Waals surface area (Å²) in [5.74, 6) is -0.734. The lowest BCUT2D eigenvalue weighted by atomic mass is 10.1. The van der Waals surface area contributed by atoms with E-state index in [1.165, 1.54) is 23.5 Å². The summed E-state index contributed by atoms with van der Waals surface area (Å²) in [4.78, 5) is 30.0. The van der Waals surface area contributed by atoms with E-state index in [-0.39, 0.29) is 24.4 Å². The van der Waals surface area contributed by atoms with E-state index in [0.29, 0.717) is 27.5 Å². The summed E-state index contributed by atoms with van der Waals surface area (Å²) in [6.45, 7) is 0.00283. The topological polar surface area (TPSA) is 61.2 Å². The summed E-state index contributed by atoms with van der Waals surface area (Å²) in [7, 11) is 0. The Labute approximate surface area is 186 Å². The molecule has 2 heterocycles. The van der Waals surface area contributed by atoms with Gasteiger partial charge in [0.05, 0.1) is 16.7 Å². The summed E-state index contributed by atoms with van der Waals surface area (Å²) in [5.41, 5.74) is 2.73. The Kier molecular flexibility index (Phi) is 5.25. The number of rotatable bonds is 5. The van der Waals surface area contributed by atoms with Crippen molar-refractivity contribution in [2.24, 2.45) is 0 Å². The van der Waals surface area contributed by atoms with E-state index in [0.717, 1.165) is 10.6 Å². The molecule has 5 aromatic rings. The van der Waals surface area contributed by atoms with E-state index < -0.39 is 5.97 Å². The Balaban J connectivity index is 1.37. The summed E-state index contributed by atoms with van der Waals surface area (Å²) >= 11 is 1.40. The molecule has 7 heteroatoms. The van der Waals surface area contributed by atoms with Crippen molar-refractivity contribution in [2.75, 3.05) is 0 Å². The van der Waals surface area contributed by atoms with Crippen molar-refractivity contribution >= 4 is 39.1 Å². The SMILES string of the molecule is O=C(Cn1c2ccccc2c(=O)c2ccccc21)OCc1csc(-c2ccc(F)cc2)n1. The first kappa shape index (κ1) is 20.1. The van der Waals surface area contributed by atoms with Crippen molar-refractivity contribution in [1.29, 1.82) is 0 Å². The number of halogens is 1. The number of nitrogens with zero attached hydrogens (tertiary/aromatic N) is 2. The molecular formula is C25H17FN2O3S. The zero-order chi connectivity index (χ0) is 22.1. The Morgan fingerprint density at radius 1 is 0.938 bits per heavy atom. The maximum absolute atomic E-state index is 13.1. The number of aromatic nitrogens is 2. The van der Waals surface area contributed by atoms with Gasteiger partial charge >= 0.3 is 5.97 Å². The average molecular weight is 444 g/mol. The molecule has 5 rings (SSSR count). The molecule has 0 bridgehead atoms. The molecule has 0 atom stereocenters. The highest BCUT2D eigenvalue weighted by Gasteiger charge is 2.14. The number of hydrogen-bond acceptors (Lipinski definition) is 5. The molecule has 0 saturated carbocycles. The van der Waals surface area contributed by atoms with Crippen LogP contribution >= 0.6 is 11.3 Å². The molecule has 0 aliphatic heterocycles. The maximum Gasteiger partial charge on any atom is 0.326 e. The molecule has 2 aromatic heterocycles. The lowest BCUT2D eigenvalue weighted by Crippen LogP contribution is -2.18.